The molecule has 256 valence electrons. The number of benzene rings is 1. The minimum atomic E-state index is -4.60. The van der Waals surface area contributed by atoms with Crippen LogP contribution in [0.1, 0.15) is 30.9 Å². The van der Waals surface area contributed by atoms with Gasteiger partial charge in [0, 0.05) is 17.2 Å². The number of aliphatic hydroxyl groups excluding tert-OH is 3. The number of phosphoric ester groups is 1. The number of phenolic OH excluding ortho intramolecular Hbond substituents is 1. The average molecular weight is 710 g/mol. The van der Waals surface area contributed by atoms with E-state index in [4.69, 9.17) is 26.0 Å². The van der Waals surface area contributed by atoms with Crippen LogP contribution in [0.15, 0.2) is 36.9 Å². The Labute approximate surface area is 268 Å². The number of hydrogen-bond donors (Lipinski definition) is 10. The molecule has 22 heteroatoms. The Bertz CT molecular complexity index is 1670. The Hall–Kier alpha value is -2.95. The van der Waals surface area contributed by atoms with Crippen LogP contribution in [0.25, 0.3) is 11.2 Å². The highest BCUT2D eigenvalue weighted by Gasteiger charge is 2.44. The molecule has 3 aromatic rings. The van der Waals surface area contributed by atoms with Gasteiger partial charge in [-0.3, -0.25) is 13.9 Å². The van der Waals surface area contributed by atoms with Gasteiger partial charge in [-0.2, -0.15) is 12.6 Å². The van der Waals surface area contributed by atoms with Crippen molar-refractivity contribution < 1.29 is 57.3 Å². The summed E-state index contributed by atoms with van der Waals surface area (Å²) in [5, 5.41) is 39.0. The first-order valence-electron chi connectivity index (χ1n) is 13.3. The summed E-state index contributed by atoms with van der Waals surface area (Å²) in [4.78, 5) is 39.4. The molecule has 2 aromatic heterocycles. The Morgan fingerprint density at radius 1 is 1.24 bits per heavy atom. The molecule has 3 heterocycles. The van der Waals surface area contributed by atoms with Crippen molar-refractivity contribution in [2.75, 3.05) is 24.6 Å². The first-order chi connectivity index (χ1) is 21.2. The van der Waals surface area contributed by atoms with Crippen LogP contribution < -0.4 is 16.2 Å². The smallest absolute Gasteiger partial charge is 0.469 e. The number of aromatic hydroxyl groups is 1. The number of sulfonamides is 1. The summed E-state index contributed by atoms with van der Waals surface area (Å²) < 4.78 is 49.0. The van der Waals surface area contributed by atoms with E-state index in [1.807, 2.05) is 0 Å². The maximum absolute atomic E-state index is 12.5. The highest BCUT2D eigenvalue weighted by molar-refractivity contribution is 7.90. The number of nitrogens with zero attached hydrogens (tertiary/aromatic N) is 4. The minimum absolute atomic E-state index is 0.00784. The summed E-state index contributed by atoms with van der Waals surface area (Å²) in [6.07, 6.45) is -3.73. The quantitative estimate of drug-likeness (QED) is 0.0739. The third-order valence-corrected chi connectivity index (χ3v) is 9.32. The van der Waals surface area contributed by atoms with E-state index in [0.717, 1.165) is 0 Å². The maximum atomic E-state index is 12.5. The number of ether oxygens (including phenoxy) is 1. The fourth-order valence-corrected chi connectivity index (χ4v) is 6.60. The van der Waals surface area contributed by atoms with E-state index < -0.39 is 71.7 Å². The molecule has 1 saturated heterocycles. The monoisotopic (exact) mass is 709 g/mol. The fourth-order valence-electron chi connectivity index (χ4n) is 4.20. The molecule has 1 aromatic carbocycles. The van der Waals surface area contributed by atoms with Gasteiger partial charge in [0.2, 0.25) is 15.9 Å². The number of rotatable bonds is 12. The lowest BCUT2D eigenvalue weighted by atomic mass is 9.87. The summed E-state index contributed by atoms with van der Waals surface area (Å²) in [6.45, 7) is 2.05. The number of nitrogens with one attached hydrogen (secondary N) is 1. The van der Waals surface area contributed by atoms with Crippen LogP contribution in [0.2, 0.25) is 0 Å². The van der Waals surface area contributed by atoms with Crippen molar-refractivity contribution in [1.82, 2.24) is 24.2 Å². The van der Waals surface area contributed by atoms with Gasteiger partial charge in [0.15, 0.2) is 17.7 Å². The second kappa shape index (κ2) is 14.9. The summed E-state index contributed by atoms with van der Waals surface area (Å²) in [5.74, 6) is -1.17. The molecule has 6 atom stereocenters. The van der Waals surface area contributed by atoms with E-state index in [-0.39, 0.29) is 23.9 Å². The zero-order valence-electron chi connectivity index (χ0n) is 24.4. The van der Waals surface area contributed by atoms with Gasteiger partial charge in [-0.15, -0.1) is 0 Å². The number of aliphatic hydroxyl groups is 3. The molecule has 0 spiro atoms. The van der Waals surface area contributed by atoms with Crippen molar-refractivity contribution in [2.45, 2.75) is 49.7 Å². The largest absolute Gasteiger partial charge is 0.508 e. The van der Waals surface area contributed by atoms with E-state index in [1.165, 1.54) is 43.2 Å². The van der Waals surface area contributed by atoms with Crippen LogP contribution in [0, 0.1) is 5.41 Å². The van der Waals surface area contributed by atoms with Crippen molar-refractivity contribution in [2.24, 2.45) is 11.1 Å². The number of nitrogens with two attached hydrogens (primary N) is 2. The molecule has 0 bridgehead atoms. The number of carbonyl (C=O) groups excluding carboxylic acids is 1. The van der Waals surface area contributed by atoms with E-state index in [1.54, 1.807) is 12.1 Å². The summed E-state index contributed by atoms with van der Waals surface area (Å²) in [7, 11) is -8.41. The molecule has 19 nitrogen and oxygen atoms in total. The van der Waals surface area contributed by atoms with Crippen LogP contribution >= 0.6 is 20.5 Å². The van der Waals surface area contributed by atoms with Crippen LogP contribution in [-0.2, 0) is 28.6 Å². The number of carbonyl (C=O) groups is 1. The van der Waals surface area contributed by atoms with Crippen LogP contribution in [0.4, 0.5) is 5.82 Å². The normalized spacial score (nSPS) is 21.8. The van der Waals surface area contributed by atoms with Crippen molar-refractivity contribution in [3.8, 4) is 5.75 Å². The molecule has 0 radical (unpaired) electrons. The van der Waals surface area contributed by atoms with Crippen molar-refractivity contribution in [3.05, 3.63) is 42.5 Å². The predicted octanol–water partition coefficient (Wildman–Crippen LogP) is -1.71. The van der Waals surface area contributed by atoms with Crippen LogP contribution in [0.3, 0.4) is 0 Å². The van der Waals surface area contributed by atoms with Gasteiger partial charge in [-0.1, -0.05) is 26.0 Å². The second-order valence-electron chi connectivity index (χ2n) is 10.9. The van der Waals surface area contributed by atoms with E-state index in [2.05, 4.69) is 36.8 Å². The van der Waals surface area contributed by atoms with Crippen LogP contribution in [0.5, 0.6) is 5.75 Å². The number of thiol groups is 1. The van der Waals surface area contributed by atoms with Crippen LogP contribution in [-0.4, -0.2) is 107 Å². The standard InChI is InChI=1S/C18H22N6O6S2.C6H14NO6P/c19-16-13-17(21-7-20-16)24(8-22-13)18-15(27)14(26)11(30-18)5-23-32(28,29)6-12(31)9-2-1-3-10(25)4-9;1-6(2,4(8)5(7)9)3-13-14(10,11)12/h1-4,7-8,11-12,14-15,18,23,25-27,31H,5-6H2,(H2,19,20,21);4,8H,3H2,1-2H3,(H2,7,9)(H2,10,11,12)/t11-,12+,14-,15-,18-;4-/m10/s1. The number of primary amides is 1. The zero-order valence-corrected chi connectivity index (χ0v) is 27.0. The van der Waals surface area contributed by atoms with E-state index in [0.29, 0.717) is 16.7 Å². The number of anilines is 1. The number of amides is 1. The Morgan fingerprint density at radius 2 is 1.91 bits per heavy atom. The Balaban J connectivity index is 0.000000349. The predicted molar refractivity (Wildman–Crippen MR) is 164 cm³/mol. The van der Waals surface area contributed by atoms with Crippen molar-refractivity contribution >= 4 is 53.4 Å². The molecular formula is C24H36N7O12PS2. The number of nitrogen functional groups attached to an aromatic ring is 1. The van der Waals surface area contributed by atoms with Gasteiger partial charge in [0.05, 0.1) is 18.7 Å². The van der Waals surface area contributed by atoms with Gasteiger partial charge >= 0.3 is 7.82 Å². The molecule has 46 heavy (non-hydrogen) atoms. The van der Waals surface area contributed by atoms with Gasteiger partial charge in [0.25, 0.3) is 0 Å². The number of phenols is 1. The molecule has 1 fully saturated rings. The maximum Gasteiger partial charge on any atom is 0.469 e. The van der Waals surface area contributed by atoms with Gasteiger partial charge in [-0.25, -0.2) is 32.7 Å². The van der Waals surface area contributed by atoms with Gasteiger partial charge in [-0.05, 0) is 17.7 Å². The van der Waals surface area contributed by atoms with Crippen molar-refractivity contribution in [3.63, 3.8) is 0 Å². The third kappa shape index (κ3) is 9.78. The summed E-state index contributed by atoms with van der Waals surface area (Å²) >= 11 is 4.31. The molecule has 0 unspecified atom stereocenters. The topological polar surface area (TPSA) is 316 Å². The molecule has 1 aliphatic rings. The second-order valence-corrected chi connectivity index (χ2v) is 14.6. The zero-order chi connectivity index (χ0) is 34.6. The highest BCUT2D eigenvalue weighted by atomic mass is 32.2. The van der Waals surface area contributed by atoms with Gasteiger partial charge < -0.3 is 46.4 Å². The number of imidazole rings is 1. The highest BCUT2D eigenvalue weighted by Crippen LogP contribution is 2.39. The van der Waals surface area contributed by atoms with E-state index >= 15 is 0 Å². The molecule has 11 N–H and O–H groups in total. The lowest BCUT2D eigenvalue weighted by molar-refractivity contribution is -0.133. The molecule has 0 saturated carbocycles. The Morgan fingerprint density at radius 3 is 2.52 bits per heavy atom. The third-order valence-electron chi connectivity index (χ3n) is 6.75. The number of aromatic nitrogens is 4. The SMILES string of the molecule is CC(C)(COP(=O)(O)O)[C@@H](O)C(N)=O.Nc1ncnc2c1ncn2[C@@H]1O[C@H](CNS(=O)(=O)C[C@H](S)c2cccc(O)c2)[C@@H](O)[C@H]1O. The number of phosphoric acid groups is 1. The summed E-state index contributed by atoms with van der Waals surface area (Å²) in [6, 6.07) is 6.16. The first kappa shape index (κ1) is 37.5. The molecular weight excluding hydrogens is 673 g/mol. The summed E-state index contributed by atoms with van der Waals surface area (Å²) in [5.41, 5.74) is 10.6. The first-order valence-corrected chi connectivity index (χ1v) is 17.0. The average Bonchev–Trinajstić information content (AvgIpc) is 3.51. The van der Waals surface area contributed by atoms with Gasteiger partial charge in [0.1, 0.15) is 42.0 Å². The van der Waals surface area contributed by atoms with E-state index in [9.17, 15) is 38.2 Å². The van der Waals surface area contributed by atoms with Crippen molar-refractivity contribution in [1.29, 1.82) is 0 Å². The number of fused-ring (bicyclic) bond motifs is 1. The molecule has 4 rings (SSSR count). The minimum Gasteiger partial charge on any atom is -0.508 e. The number of hydrogen-bond acceptors (Lipinski definition) is 15. The lowest BCUT2D eigenvalue weighted by Gasteiger charge is -2.27. The fraction of sp³-hybridized carbons (Fsp3) is 0.500. The molecule has 1 amide bonds. The lowest BCUT2D eigenvalue weighted by Crippen LogP contribution is -2.43. The molecule has 1 aliphatic heterocycles. The Kier molecular flexibility index (Phi) is 12.1. The molecule has 0 aliphatic carbocycles.